The van der Waals surface area contributed by atoms with Crippen LogP contribution in [0.3, 0.4) is 0 Å². The van der Waals surface area contributed by atoms with Crippen LogP contribution in [-0.4, -0.2) is 45.7 Å². The molecule has 3 aromatic carbocycles. The number of sulfonamides is 1. The van der Waals surface area contributed by atoms with Gasteiger partial charge in [-0.2, -0.15) is 0 Å². The van der Waals surface area contributed by atoms with Gasteiger partial charge in [-0.15, -0.1) is 0 Å². The first kappa shape index (κ1) is 28.0. The van der Waals surface area contributed by atoms with Crippen LogP contribution < -0.4 is 24.4 Å². The van der Waals surface area contributed by atoms with Gasteiger partial charge in [0, 0.05) is 23.0 Å². The predicted octanol–water partition coefficient (Wildman–Crippen LogP) is 4.80. The summed E-state index contributed by atoms with van der Waals surface area (Å²) in [7, 11) is -3.83. The van der Waals surface area contributed by atoms with Gasteiger partial charge in [-0.3, -0.25) is 13.9 Å². The molecular formula is C29H33N3O6S. The number of nitrogens with one attached hydrogen (secondary N) is 2. The molecule has 0 aliphatic carbocycles. The summed E-state index contributed by atoms with van der Waals surface area (Å²) in [5.41, 5.74) is 2.78. The lowest BCUT2D eigenvalue weighted by atomic mass is 9.87. The zero-order valence-corrected chi connectivity index (χ0v) is 23.5. The van der Waals surface area contributed by atoms with Crippen LogP contribution in [0.5, 0.6) is 11.5 Å². The molecule has 3 aromatic rings. The molecule has 2 amide bonds. The number of fused-ring (bicyclic) bond motifs is 1. The lowest BCUT2D eigenvalue weighted by molar-refractivity contribution is -0.116. The van der Waals surface area contributed by atoms with Gasteiger partial charge in [-0.05, 0) is 60.4 Å². The molecule has 206 valence electrons. The van der Waals surface area contributed by atoms with Crippen molar-refractivity contribution in [3.05, 3.63) is 77.9 Å². The number of carbonyl (C=O) groups excluding carboxylic acids is 2. The van der Waals surface area contributed by atoms with Crippen molar-refractivity contribution in [3.8, 4) is 11.5 Å². The van der Waals surface area contributed by atoms with Crippen molar-refractivity contribution < 1.29 is 27.5 Å². The van der Waals surface area contributed by atoms with Gasteiger partial charge in [0.25, 0.3) is 5.91 Å². The van der Waals surface area contributed by atoms with E-state index in [0.29, 0.717) is 41.7 Å². The number of benzene rings is 3. The number of anilines is 3. The van der Waals surface area contributed by atoms with Gasteiger partial charge in [0.1, 0.15) is 19.3 Å². The minimum atomic E-state index is -3.83. The summed E-state index contributed by atoms with van der Waals surface area (Å²) in [5.74, 6) is 0.0989. The monoisotopic (exact) mass is 551 g/mol. The van der Waals surface area contributed by atoms with Crippen molar-refractivity contribution in [3.63, 3.8) is 0 Å². The van der Waals surface area contributed by atoms with E-state index in [9.17, 15) is 18.0 Å². The maximum absolute atomic E-state index is 13.2. The first-order valence-electron chi connectivity index (χ1n) is 12.5. The van der Waals surface area contributed by atoms with E-state index in [4.69, 9.17) is 9.47 Å². The van der Waals surface area contributed by atoms with E-state index in [1.807, 2.05) is 12.1 Å². The highest BCUT2D eigenvalue weighted by molar-refractivity contribution is 7.92. The standard InChI is InChI=1S/C29H33N3O6S/c1-19(32(39(5,35)36)24-13-14-25-26(18-24)38-16-15-37-25)27(33)30-22-7-6-8-23(17-22)31-28(34)20-9-11-21(12-10-20)29(2,3)4/h6-14,17-19H,15-16H2,1-5H3,(H,30,33)(H,31,34)/t19-/m1/s1. The molecule has 9 nitrogen and oxygen atoms in total. The molecule has 0 radical (unpaired) electrons. The van der Waals surface area contributed by atoms with E-state index in [2.05, 4.69) is 31.4 Å². The molecule has 1 aliphatic rings. The highest BCUT2D eigenvalue weighted by Gasteiger charge is 2.30. The van der Waals surface area contributed by atoms with E-state index >= 15 is 0 Å². The molecule has 10 heteroatoms. The Morgan fingerprint density at radius 3 is 2.10 bits per heavy atom. The topological polar surface area (TPSA) is 114 Å². The van der Waals surface area contributed by atoms with Crippen LogP contribution in [0.25, 0.3) is 0 Å². The number of carbonyl (C=O) groups is 2. The van der Waals surface area contributed by atoms with Crippen LogP contribution in [0.15, 0.2) is 66.7 Å². The van der Waals surface area contributed by atoms with Gasteiger partial charge < -0.3 is 20.1 Å². The van der Waals surface area contributed by atoms with Crippen molar-refractivity contribution in [2.75, 3.05) is 34.4 Å². The molecule has 1 atom stereocenters. The van der Waals surface area contributed by atoms with E-state index < -0.39 is 22.0 Å². The van der Waals surface area contributed by atoms with Gasteiger partial charge in [0.15, 0.2) is 11.5 Å². The van der Waals surface area contributed by atoms with Crippen molar-refractivity contribution in [2.45, 2.75) is 39.2 Å². The minimum Gasteiger partial charge on any atom is -0.486 e. The third-order valence-electron chi connectivity index (χ3n) is 6.27. The Balaban J connectivity index is 1.48. The average molecular weight is 552 g/mol. The molecule has 2 N–H and O–H groups in total. The summed E-state index contributed by atoms with van der Waals surface area (Å²) < 4.78 is 37.5. The smallest absolute Gasteiger partial charge is 0.255 e. The van der Waals surface area contributed by atoms with Crippen molar-refractivity contribution in [1.82, 2.24) is 0 Å². The Morgan fingerprint density at radius 2 is 1.49 bits per heavy atom. The van der Waals surface area contributed by atoms with Crippen LogP contribution in [0.1, 0.15) is 43.6 Å². The summed E-state index contributed by atoms with van der Waals surface area (Å²) in [6.45, 7) is 8.57. The van der Waals surface area contributed by atoms with Crippen LogP contribution in [-0.2, 0) is 20.2 Å². The molecule has 0 bridgehead atoms. The molecule has 0 saturated carbocycles. The molecular weight excluding hydrogens is 518 g/mol. The Morgan fingerprint density at radius 1 is 0.872 bits per heavy atom. The van der Waals surface area contributed by atoms with Crippen LogP contribution in [0.2, 0.25) is 0 Å². The van der Waals surface area contributed by atoms with Crippen LogP contribution >= 0.6 is 0 Å². The Bertz CT molecular complexity index is 1480. The normalized spacial score (nSPS) is 13.8. The van der Waals surface area contributed by atoms with E-state index in [0.717, 1.165) is 16.1 Å². The summed E-state index contributed by atoms with van der Waals surface area (Å²) in [5, 5.41) is 5.59. The molecule has 4 rings (SSSR count). The molecule has 39 heavy (non-hydrogen) atoms. The highest BCUT2D eigenvalue weighted by Crippen LogP contribution is 2.35. The fourth-order valence-electron chi connectivity index (χ4n) is 4.22. The zero-order valence-electron chi connectivity index (χ0n) is 22.6. The first-order chi connectivity index (χ1) is 18.3. The number of hydrogen-bond donors (Lipinski definition) is 2. The highest BCUT2D eigenvalue weighted by atomic mass is 32.2. The maximum atomic E-state index is 13.2. The van der Waals surface area contributed by atoms with Crippen LogP contribution in [0, 0.1) is 0 Å². The largest absolute Gasteiger partial charge is 0.486 e. The molecule has 0 saturated heterocycles. The number of ether oxygens (including phenoxy) is 2. The van der Waals surface area contributed by atoms with E-state index in [1.165, 1.54) is 6.92 Å². The second kappa shape index (κ2) is 11.0. The molecule has 0 aromatic heterocycles. The van der Waals surface area contributed by atoms with Crippen molar-refractivity contribution in [1.29, 1.82) is 0 Å². The van der Waals surface area contributed by atoms with E-state index in [1.54, 1.807) is 54.6 Å². The Hall–Kier alpha value is -4.05. The molecule has 0 fully saturated rings. The summed E-state index contributed by atoms with van der Waals surface area (Å²) in [4.78, 5) is 26.0. The van der Waals surface area contributed by atoms with Gasteiger partial charge >= 0.3 is 0 Å². The molecule has 1 aliphatic heterocycles. The number of nitrogens with zero attached hydrogens (tertiary/aromatic N) is 1. The lowest BCUT2D eigenvalue weighted by Gasteiger charge is -2.29. The van der Waals surface area contributed by atoms with Gasteiger partial charge in [-0.1, -0.05) is 39.0 Å². The van der Waals surface area contributed by atoms with Gasteiger partial charge in [0.2, 0.25) is 15.9 Å². The summed E-state index contributed by atoms with van der Waals surface area (Å²) >= 11 is 0. The summed E-state index contributed by atoms with van der Waals surface area (Å²) in [6, 6.07) is 17.7. The number of amides is 2. The SMILES string of the molecule is C[C@H](C(=O)Nc1cccc(NC(=O)c2ccc(C(C)(C)C)cc2)c1)N(c1ccc2c(c1)OCCO2)S(C)(=O)=O. The van der Waals surface area contributed by atoms with Crippen LogP contribution in [0.4, 0.5) is 17.1 Å². The predicted molar refractivity (Wildman–Crippen MR) is 152 cm³/mol. The summed E-state index contributed by atoms with van der Waals surface area (Å²) in [6.07, 6.45) is 1.04. The average Bonchev–Trinajstić information content (AvgIpc) is 2.87. The van der Waals surface area contributed by atoms with Crippen molar-refractivity contribution in [2.24, 2.45) is 0 Å². The fourth-order valence-corrected chi connectivity index (χ4v) is 5.39. The molecule has 1 heterocycles. The molecule has 0 unspecified atom stereocenters. The second-order valence-corrected chi connectivity index (χ2v) is 12.3. The first-order valence-corrected chi connectivity index (χ1v) is 14.4. The van der Waals surface area contributed by atoms with Crippen molar-refractivity contribution >= 4 is 38.9 Å². The third kappa shape index (κ3) is 6.69. The third-order valence-corrected chi connectivity index (χ3v) is 7.51. The van der Waals surface area contributed by atoms with Gasteiger partial charge in [-0.25, -0.2) is 8.42 Å². The lowest BCUT2D eigenvalue weighted by Crippen LogP contribution is -2.45. The maximum Gasteiger partial charge on any atom is 0.255 e. The Labute approximate surface area is 229 Å². The van der Waals surface area contributed by atoms with E-state index in [-0.39, 0.29) is 17.0 Å². The minimum absolute atomic E-state index is 0.0204. The zero-order chi connectivity index (χ0) is 28.4. The Kier molecular flexibility index (Phi) is 7.87. The quantitative estimate of drug-likeness (QED) is 0.436. The fraction of sp³-hybridized carbons (Fsp3) is 0.310. The number of rotatable bonds is 7. The second-order valence-electron chi connectivity index (χ2n) is 10.4. The number of hydrogen-bond acceptors (Lipinski definition) is 6. The van der Waals surface area contributed by atoms with Gasteiger partial charge in [0.05, 0.1) is 11.9 Å². The molecule has 0 spiro atoms.